The summed E-state index contributed by atoms with van der Waals surface area (Å²) in [5, 5.41) is 1.34. The Morgan fingerprint density at radius 2 is 1.71 bits per heavy atom. The third-order valence-electron chi connectivity index (χ3n) is 5.66. The largest absolute Gasteiger partial charge is 0.481 e. The van der Waals surface area contributed by atoms with Crippen molar-refractivity contribution in [2.45, 2.75) is 19.8 Å². The van der Waals surface area contributed by atoms with Gasteiger partial charge in [-0.2, -0.15) is 0 Å². The summed E-state index contributed by atoms with van der Waals surface area (Å²) in [5.41, 5.74) is 3.95. The number of ether oxygens (including phenoxy) is 1. The van der Waals surface area contributed by atoms with Crippen LogP contribution in [0.25, 0.3) is 44.7 Å². The zero-order valence-corrected chi connectivity index (χ0v) is 18.9. The highest BCUT2D eigenvalue weighted by Crippen LogP contribution is 2.31. The van der Waals surface area contributed by atoms with Crippen LogP contribution in [-0.2, 0) is 0 Å². The highest BCUT2D eigenvalue weighted by Gasteiger charge is 2.15. The Kier molecular flexibility index (Phi) is 5.52. The van der Waals surface area contributed by atoms with E-state index >= 15 is 0 Å². The van der Waals surface area contributed by atoms with E-state index in [4.69, 9.17) is 21.1 Å². The first-order valence-electron chi connectivity index (χ1n) is 11.0. The minimum absolute atomic E-state index is 0.172. The highest BCUT2D eigenvalue weighted by molar-refractivity contribution is 5.94. The fraction of sp³-hybridized carbons (Fsp3) is 0.143. The van der Waals surface area contributed by atoms with Crippen molar-refractivity contribution in [1.29, 1.82) is 0 Å². The summed E-state index contributed by atoms with van der Waals surface area (Å²) >= 11 is 0. The lowest BCUT2D eigenvalue weighted by atomic mass is 9.99. The molecule has 0 bridgehead atoms. The zero-order chi connectivity index (χ0) is 23.7. The molecule has 166 valence electrons. The molecule has 0 radical (unpaired) electrons. The van der Waals surface area contributed by atoms with Crippen LogP contribution in [0.1, 0.15) is 25.3 Å². The number of para-hydroxylation sites is 1. The molecule has 0 unspecified atom stereocenters. The van der Waals surface area contributed by atoms with E-state index in [1.165, 1.54) is 5.56 Å². The van der Waals surface area contributed by atoms with E-state index in [1.807, 2.05) is 42.5 Å². The van der Waals surface area contributed by atoms with Gasteiger partial charge >= 0.3 is 0 Å². The summed E-state index contributed by atoms with van der Waals surface area (Å²) < 4.78 is 5.63. The van der Waals surface area contributed by atoms with Gasteiger partial charge in [-0.3, -0.25) is 4.79 Å². The van der Waals surface area contributed by atoms with Gasteiger partial charge in [0.1, 0.15) is 12.4 Å². The third-order valence-corrected chi connectivity index (χ3v) is 5.66. The van der Waals surface area contributed by atoms with Crippen LogP contribution in [0.15, 0.2) is 71.5 Å². The van der Waals surface area contributed by atoms with Gasteiger partial charge in [-0.1, -0.05) is 56.2 Å². The Balaban J connectivity index is 1.73. The van der Waals surface area contributed by atoms with Gasteiger partial charge in [0.25, 0.3) is 5.56 Å². The van der Waals surface area contributed by atoms with Gasteiger partial charge in [0, 0.05) is 10.9 Å². The molecule has 0 saturated heterocycles. The van der Waals surface area contributed by atoms with Crippen molar-refractivity contribution in [1.82, 2.24) is 19.9 Å². The summed E-state index contributed by atoms with van der Waals surface area (Å²) in [6.45, 7) is 4.49. The lowest BCUT2D eigenvalue weighted by Crippen LogP contribution is -2.11. The standard InChI is InChI=1S/C28H22N4O2/c1-4-15-34-20-13-14-24-22(16-20)25(19-11-9-18(10-12-19)17(2)3)31-26(30-24)27-29-23-8-6-5-7-21(23)28(33)32-27/h1,5-14,16-17H,15H2,2-3H3,(H,29,32,33). The number of hydrogen-bond acceptors (Lipinski definition) is 5. The number of hydrogen-bond donors (Lipinski definition) is 1. The SMILES string of the molecule is C#CCOc1ccc2nc(-c3nc4ccccc4c(=O)[nH]3)nc(-c3ccc(C(C)C)cc3)c2c1. The maximum absolute atomic E-state index is 12.7. The summed E-state index contributed by atoms with van der Waals surface area (Å²) in [5.74, 6) is 4.20. The summed E-state index contributed by atoms with van der Waals surface area (Å²) in [6, 6.07) is 21.1. The number of rotatable bonds is 5. The number of benzene rings is 3. The lowest BCUT2D eigenvalue weighted by Gasteiger charge is -2.12. The minimum atomic E-state index is -0.231. The Labute approximate surface area is 196 Å². The molecule has 0 atom stereocenters. The Morgan fingerprint density at radius 3 is 2.47 bits per heavy atom. The molecule has 0 fully saturated rings. The maximum Gasteiger partial charge on any atom is 0.259 e. The molecule has 2 heterocycles. The fourth-order valence-electron chi connectivity index (χ4n) is 3.87. The maximum atomic E-state index is 12.7. The summed E-state index contributed by atoms with van der Waals surface area (Å²) in [4.78, 5) is 29.7. The van der Waals surface area contributed by atoms with Crippen molar-refractivity contribution in [3.05, 3.63) is 82.6 Å². The fourth-order valence-corrected chi connectivity index (χ4v) is 3.87. The molecule has 5 rings (SSSR count). The molecular formula is C28H22N4O2. The molecule has 0 amide bonds. The van der Waals surface area contributed by atoms with E-state index in [1.54, 1.807) is 12.1 Å². The second kappa shape index (κ2) is 8.80. The number of aromatic amines is 1. The van der Waals surface area contributed by atoms with E-state index in [9.17, 15) is 4.79 Å². The normalized spacial score (nSPS) is 11.1. The second-order valence-corrected chi connectivity index (χ2v) is 8.28. The molecule has 3 aromatic carbocycles. The second-order valence-electron chi connectivity index (χ2n) is 8.28. The van der Waals surface area contributed by atoms with E-state index in [0.717, 1.165) is 16.6 Å². The smallest absolute Gasteiger partial charge is 0.259 e. The van der Waals surface area contributed by atoms with Crippen molar-refractivity contribution in [3.63, 3.8) is 0 Å². The topological polar surface area (TPSA) is 80.8 Å². The Morgan fingerprint density at radius 1 is 0.941 bits per heavy atom. The van der Waals surface area contributed by atoms with Gasteiger partial charge in [0.2, 0.25) is 0 Å². The Hall–Kier alpha value is -4.50. The molecule has 0 aliphatic carbocycles. The number of fused-ring (bicyclic) bond motifs is 2. The summed E-state index contributed by atoms with van der Waals surface area (Å²) in [6.07, 6.45) is 5.35. The lowest BCUT2D eigenvalue weighted by molar-refractivity contribution is 0.371. The van der Waals surface area contributed by atoms with Crippen molar-refractivity contribution in [3.8, 4) is 41.0 Å². The van der Waals surface area contributed by atoms with Crippen LogP contribution >= 0.6 is 0 Å². The third kappa shape index (κ3) is 4.00. The van der Waals surface area contributed by atoms with Crippen molar-refractivity contribution in [2.75, 3.05) is 6.61 Å². The number of aromatic nitrogens is 4. The van der Waals surface area contributed by atoms with Crippen molar-refractivity contribution < 1.29 is 4.74 Å². The van der Waals surface area contributed by atoms with E-state index in [0.29, 0.717) is 39.7 Å². The number of terminal acetylenes is 1. The molecule has 34 heavy (non-hydrogen) atoms. The molecule has 5 aromatic rings. The molecule has 6 nitrogen and oxygen atoms in total. The van der Waals surface area contributed by atoms with Crippen LogP contribution in [0.4, 0.5) is 0 Å². The van der Waals surface area contributed by atoms with Crippen LogP contribution in [0, 0.1) is 12.3 Å². The van der Waals surface area contributed by atoms with Crippen molar-refractivity contribution in [2.24, 2.45) is 0 Å². The molecule has 0 aliphatic rings. The number of nitrogens with zero attached hydrogens (tertiary/aromatic N) is 3. The molecule has 6 heteroatoms. The van der Waals surface area contributed by atoms with Gasteiger partial charge in [0.15, 0.2) is 11.6 Å². The highest BCUT2D eigenvalue weighted by atomic mass is 16.5. The molecule has 1 N–H and O–H groups in total. The van der Waals surface area contributed by atoms with Gasteiger partial charge in [-0.05, 0) is 41.8 Å². The predicted octanol–water partition coefficient (Wildman–Crippen LogP) is 5.34. The van der Waals surface area contributed by atoms with Crippen LogP contribution < -0.4 is 10.3 Å². The van der Waals surface area contributed by atoms with Crippen LogP contribution in [0.5, 0.6) is 5.75 Å². The first kappa shape index (κ1) is 21.4. The van der Waals surface area contributed by atoms with Crippen LogP contribution in [0.2, 0.25) is 0 Å². The average Bonchev–Trinajstić information content (AvgIpc) is 2.86. The molecule has 0 aliphatic heterocycles. The van der Waals surface area contributed by atoms with Gasteiger partial charge in [-0.15, -0.1) is 6.42 Å². The van der Waals surface area contributed by atoms with Gasteiger partial charge < -0.3 is 9.72 Å². The molecular weight excluding hydrogens is 424 g/mol. The molecule has 0 saturated carbocycles. The quantitative estimate of drug-likeness (QED) is 0.369. The minimum Gasteiger partial charge on any atom is -0.481 e. The monoisotopic (exact) mass is 446 g/mol. The van der Waals surface area contributed by atoms with E-state index in [2.05, 4.69) is 41.9 Å². The predicted molar refractivity (Wildman–Crippen MR) is 135 cm³/mol. The zero-order valence-electron chi connectivity index (χ0n) is 18.9. The number of H-pyrrole nitrogens is 1. The van der Waals surface area contributed by atoms with Crippen molar-refractivity contribution >= 4 is 21.8 Å². The van der Waals surface area contributed by atoms with E-state index in [-0.39, 0.29) is 12.2 Å². The van der Waals surface area contributed by atoms with Crippen LogP contribution in [-0.4, -0.2) is 26.5 Å². The molecule has 0 spiro atoms. The average molecular weight is 447 g/mol. The summed E-state index contributed by atoms with van der Waals surface area (Å²) in [7, 11) is 0. The first-order valence-corrected chi connectivity index (χ1v) is 11.0. The van der Waals surface area contributed by atoms with Crippen LogP contribution in [0.3, 0.4) is 0 Å². The Bertz CT molecular complexity index is 1610. The molecule has 2 aromatic heterocycles. The first-order chi connectivity index (χ1) is 16.5. The van der Waals surface area contributed by atoms with Gasteiger partial charge in [0.05, 0.1) is 22.1 Å². The van der Waals surface area contributed by atoms with Gasteiger partial charge in [-0.25, -0.2) is 15.0 Å². The number of nitrogens with one attached hydrogen (secondary N) is 1. The van der Waals surface area contributed by atoms with E-state index < -0.39 is 0 Å².